The van der Waals surface area contributed by atoms with Gasteiger partial charge in [0.05, 0.1) is 0 Å². The van der Waals surface area contributed by atoms with Crippen LogP contribution in [0.25, 0.3) is 0 Å². The minimum atomic E-state index is 0.232. The third-order valence-corrected chi connectivity index (χ3v) is 6.24. The summed E-state index contributed by atoms with van der Waals surface area (Å²) in [7, 11) is 1.79. The van der Waals surface area contributed by atoms with E-state index in [0.29, 0.717) is 6.42 Å². The molecule has 3 unspecified atom stereocenters. The van der Waals surface area contributed by atoms with Gasteiger partial charge < -0.3 is 15.5 Å². The monoisotopic (exact) mass is 413 g/mol. The molecule has 2 aliphatic heterocycles. The number of rotatable bonds is 6. The largest absolute Gasteiger partial charge is 0.352 e. The van der Waals surface area contributed by atoms with Crippen LogP contribution in [0, 0.1) is 11.8 Å². The molecule has 2 saturated heterocycles. The maximum absolute atomic E-state index is 11.9. The van der Waals surface area contributed by atoms with Crippen molar-refractivity contribution in [1.29, 1.82) is 0 Å². The van der Waals surface area contributed by atoms with Crippen LogP contribution in [0.1, 0.15) is 51.2 Å². The van der Waals surface area contributed by atoms with E-state index in [1.807, 2.05) is 11.8 Å². The second kappa shape index (κ2) is 10.8. The summed E-state index contributed by atoms with van der Waals surface area (Å²) in [6.45, 7) is 12.4. The lowest BCUT2D eigenvalue weighted by Crippen LogP contribution is -2.44. The van der Waals surface area contributed by atoms with Gasteiger partial charge >= 0.3 is 0 Å². The topological polar surface area (TPSA) is 60.0 Å². The van der Waals surface area contributed by atoms with Crippen molar-refractivity contribution >= 4 is 11.9 Å². The molecule has 6 heteroatoms. The highest BCUT2D eigenvalue weighted by atomic mass is 16.2. The maximum Gasteiger partial charge on any atom is 0.222 e. The molecule has 0 aromatic heterocycles. The molecule has 2 aliphatic rings. The quantitative estimate of drug-likeness (QED) is 0.556. The van der Waals surface area contributed by atoms with Gasteiger partial charge in [-0.2, -0.15) is 0 Å². The number of guanidine groups is 1. The van der Waals surface area contributed by atoms with Crippen LogP contribution in [0.2, 0.25) is 0 Å². The molecule has 2 heterocycles. The molecule has 1 aromatic carbocycles. The molecular formula is C24H39N5O. The van der Waals surface area contributed by atoms with Crippen LogP contribution in [0.4, 0.5) is 0 Å². The minimum absolute atomic E-state index is 0.232. The first-order chi connectivity index (χ1) is 14.5. The third-order valence-electron chi connectivity index (χ3n) is 6.24. The number of nitrogens with one attached hydrogen (secondary N) is 2. The van der Waals surface area contributed by atoms with Gasteiger partial charge in [-0.3, -0.25) is 14.7 Å². The Morgan fingerprint density at radius 1 is 1.10 bits per heavy atom. The Hall–Kier alpha value is -2.08. The number of aliphatic imine (C=N–C) groups is 1. The van der Waals surface area contributed by atoms with Gasteiger partial charge in [-0.15, -0.1) is 0 Å². The predicted molar refractivity (Wildman–Crippen MR) is 123 cm³/mol. The van der Waals surface area contributed by atoms with E-state index < -0.39 is 0 Å². The number of piperidine rings is 1. The van der Waals surface area contributed by atoms with Crippen LogP contribution in [-0.2, 0) is 17.9 Å². The van der Waals surface area contributed by atoms with Gasteiger partial charge in [-0.05, 0) is 35.8 Å². The fourth-order valence-electron chi connectivity index (χ4n) is 4.84. The Morgan fingerprint density at radius 2 is 1.77 bits per heavy atom. The van der Waals surface area contributed by atoms with Gasteiger partial charge in [0.15, 0.2) is 5.96 Å². The van der Waals surface area contributed by atoms with Crippen molar-refractivity contribution in [3.05, 3.63) is 35.4 Å². The van der Waals surface area contributed by atoms with E-state index in [2.05, 4.69) is 58.6 Å². The second-order valence-electron chi connectivity index (χ2n) is 9.21. The maximum atomic E-state index is 11.9. The summed E-state index contributed by atoms with van der Waals surface area (Å²) < 4.78 is 0. The lowest BCUT2D eigenvalue weighted by atomic mass is 9.91. The van der Waals surface area contributed by atoms with E-state index in [1.54, 1.807) is 7.05 Å². The van der Waals surface area contributed by atoms with E-state index >= 15 is 0 Å². The summed E-state index contributed by atoms with van der Waals surface area (Å²) in [6.07, 6.45) is 2.89. The molecule has 0 bridgehead atoms. The summed E-state index contributed by atoms with van der Waals surface area (Å²) in [4.78, 5) is 20.7. The van der Waals surface area contributed by atoms with E-state index in [1.165, 1.54) is 30.6 Å². The van der Waals surface area contributed by atoms with E-state index in [0.717, 1.165) is 50.4 Å². The van der Waals surface area contributed by atoms with Crippen LogP contribution < -0.4 is 10.6 Å². The van der Waals surface area contributed by atoms with Gasteiger partial charge in [-0.1, -0.05) is 45.0 Å². The first kappa shape index (κ1) is 22.6. The minimum Gasteiger partial charge on any atom is -0.352 e. The Morgan fingerprint density at radius 3 is 2.40 bits per heavy atom. The number of hydrogen-bond acceptors (Lipinski definition) is 3. The zero-order valence-corrected chi connectivity index (χ0v) is 19.2. The number of carbonyl (C=O) groups is 1. The molecule has 2 fully saturated rings. The lowest BCUT2D eigenvalue weighted by Gasteiger charge is -2.35. The molecule has 6 nitrogen and oxygen atoms in total. The highest BCUT2D eigenvalue weighted by Gasteiger charge is 2.25. The van der Waals surface area contributed by atoms with Gasteiger partial charge in [0.2, 0.25) is 5.91 Å². The molecule has 3 rings (SSSR count). The molecule has 3 atom stereocenters. The van der Waals surface area contributed by atoms with Gasteiger partial charge in [0, 0.05) is 58.8 Å². The molecule has 0 radical (unpaired) electrons. The third kappa shape index (κ3) is 6.46. The standard InChI is InChI=1S/C24H39N5O/c1-5-23(30)29-11-10-22(17-29)27-24(25-4)26-13-20-6-8-21(9-7-20)16-28-14-18(2)12-19(3)15-28/h6-9,18-19,22H,5,10-17H2,1-4H3,(H2,25,26,27). The predicted octanol–water partition coefficient (Wildman–Crippen LogP) is 2.84. The highest BCUT2D eigenvalue weighted by molar-refractivity contribution is 5.80. The Kier molecular flexibility index (Phi) is 8.14. The molecular weight excluding hydrogens is 374 g/mol. The molecule has 2 N–H and O–H groups in total. The van der Waals surface area contributed by atoms with Gasteiger partial charge in [0.1, 0.15) is 0 Å². The van der Waals surface area contributed by atoms with Gasteiger partial charge in [-0.25, -0.2) is 0 Å². The number of amides is 1. The summed E-state index contributed by atoms with van der Waals surface area (Å²) in [5.74, 6) is 2.62. The van der Waals surface area contributed by atoms with Crippen molar-refractivity contribution in [2.45, 2.75) is 59.2 Å². The first-order valence-electron chi connectivity index (χ1n) is 11.5. The van der Waals surface area contributed by atoms with Crippen molar-refractivity contribution in [3.8, 4) is 0 Å². The zero-order chi connectivity index (χ0) is 21.5. The fraction of sp³-hybridized carbons (Fsp3) is 0.667. The average molecular weight is 414 g/mol. The van der Waals surface area contributed by atoms with Crippen molar-refractivity contribution in [3.63, 3.8) is 0 Å². The smallest absolute Gasteiger partial charge is 0.222 e. The molecule has 166 valence electrons. The number of likely N-dealkylation sites (tertiary alicyclic amines) is 2. The number of hydrogen-bond donors (Lipinski definition) is 2. The van der Waals surface area contributed by atoms with Crippen LogP contribution in [0.3, 0.4) is 0 Å². The molecule has 0 aliphatic carbocycles. The van der Waals surface area contributed by atoms with Crippen molar-refractivity contribution in [1.82, 2.24) is 20.4 Å². The summed E-state index contributed by atoms with van der Waals surface area (Å²) >= 11 is 0. The molecule has 0 spiro atoms. The summed E-state index contributed by atoms with van der Waals surface area (Å²) in [5.41, 5.74) is 2.63. The Balaban J connectivity index is 1.44. The molecule has 0 saturated carbocycles. The fourth-order valence-corrected chi connectivity index (χ4v) is 4.84. The van der Waals surface area contributed by atoms with Gasteiger partial charge in [0.25, 0.3) is 0 Å². The molecule has 1 amide bonds. The number of nitrogens with zero attached hydrogens (tertiary/aromatic N) is 3. The normalized spacial score (nSPS) is 25.4. The molecule has 30 heavy (non-hydrogen) atoms. The first-order valence-corrected chi connectivity index (χ1v) is 11.5. The van der Waals surface area contributed by atoms with E-state index in [9.17, 15) is 4.79 Å². The SMILES string of the molecule is CCC(=O)N1CCC(NC(=NC)NCc2ccc(CN3CC(C)CC(C)C3)cc2)C1. The van der Waals surface area contributed by atoms with E-state index in [-0.39, 0.29) is 11.9 Å². The Labute approximate surface area is 182 Å². The van der Waals surface area contributed by atoms with E-state index in [4.69, 9.17) is 0 Å². The highest BCUT2D eigenvalue weighted by Crippen LogP contribution is 2.22. The number of benzene rings is 1. The lowest BCUT2D eigenvalue weighted by molar-refractivity contribution is -0.129. The van der Waals surface area contributed by atoms with Crippen LogP contribution in [0.5, 0.6) is 0 Å². The summed E-state index contributed by atoms with van der Waals surface area (Å²) in [5, 5.41) is 6.87. The second-order valence-corrected chi connectivity index (χ2v) is 9.21. The number of carbonyl (C=O) groups excluding carboxylic acids is 1. The average Bonchev–Trinajstić information content (AvgIpc) is 3.19. The summed E-state index contributed by atoms with van der Waals surface area (Å²) in [6, 6.07) is 9.20. The van der Waals surface area contributed by atoms with Crippen LogP contribution in [0.15, 0.2) is 29.3 Å². The van der Waals surface area contributed by atoms with Crippen molar-refractivity contribution in [2.24, 2.45) is 16.8 Å². The van der Waals surface area contributed by atoms with Crippen LogP contribution >= 0.6 is 0 Å². The molecule has 1 aromatic rings. The van der Waals surface area contributed by atoms with Crippen LogP contribution in [-0.4, -0.2) is 60.9 Å². The Bertz CT molecular complexity index is 707. The van der Waals surface area contributed by atoms with Crippen molar-refractivity contribution in [2.75, 3.05) is 33.2 Å². The van der Waals surface area contributed by atoms with Crippen molar-refractivity contribution < 1.29 is 4.79 Å². The zero-order valence-electron chi connectivity index (χ0n) is 19.2.